The van der Waals surface area contributed by atoms with Crippen molar-refractivity contribution in [2.45, 2.75) is 6.92 Å². The Hall–Kier alpha value is -2.10. The standard InChI is InChI=1S/C13H14N2O2/c1-9-6-10(4-5-13(9)17-3)12-7-11(8-16)15(2)14-12/h4-8H,1-3H3. The number of benzene rings is 1. The van der Waals surface area contributed by atoms with Crippen molar-refractivity contribution in [1.29, 1.82) is 0 Å². The van der Waals surface area contributed by atoms with Gasteiger partial charge in [0, 0.05) is 12.6 Å². The van der Waals surface area contributed by atoms with E-state index in [1.165, 1.54) is 0 Å². The van der Waals surface area contributed by atoms with Crippen molar-refractivity contribution in [3.8, 4) is 17.0 Å². The average Bonchev–Trinajstić information content (AvgIpc) is 2.70. The van der Waals surface area contributed by atoms with Crippen LogP contribution in [0.3, 0.4) is 0 Å². The van der Waals surface area contributed by atoms with Gasteiger partial charge in [-0.1, -0.05) is 0 Å². The molecule has 0 saturated heterocycles. The van der Waals surface area contributed by atoms with E-state index in [9.17, 15) is 4.79 Å². The van der Waals surface area contributed by atoms with E-state index in [0.717, 1.165) is 28.9 Å². The molecular formula is C13H14N2O2. The molecule has 0 aliphatic rings. The highest BCUT2D eigenvalue weighted by Crippen LogP contribution is 2.25. The van der Waals surface area contributed by atoms with Crippen LogP contribution >= 0.6 is 0 Å². The van der Waals surface area contributed by atoms with Crippen molar-refractivity contribution >= 4 is 6.29 Å². The van der Waals surface area contributed by atoms with E-state index in [-0.39, 0.29) is 0 Å². The van der Waals surface area contributed by atoms with Gasteiger partial charge >= 0.3 is 0 Å². The van der Waals surface area contributed by atoms with Gasteiger partial charge in [-0.3, -0.25) is 9.48 Å². The van der Waals surface area contributed by atoms with Gasteiger partial charge in [-0.15, -0.1) is 0 Å². The Morgan fingerprint density at radius 3 is 2.65 bits per heavy atom. The molecule has 0 radical (unpaired) electrons. The van der Waals surface area contributed by atoms with Gasteiger partial charge in [0.1, 0.15) is 11.4 Å². The number of methoxy groups -OCH3 is 1. The molecule has 1 aromatic heterocycles. The molecule has 2 aromatic rings. The second-order valence-corrected chi connectivity index (χ2v) is 3.88. The first-order valence-corrected chi connectivity index (χ1v) is 5.30. The molecule has 0 aliphatic heterocycles. The Kier molecular flexibility index (Phi) is 2.95. The summed E-state index contributed by atoms with van der Waals surface area (Å²) in [7, 11) is 3.40. The van der Waals surface area contributed by atoms with Crippen molar-refractivity contribution in [3.05, 3.63) is 35.5 Å². The average molecular weight is 230 g/mol. The summed E-state index contributed by atoms with van der Waals surface area (Å²) in [6.07, 6.45) is 0.798. The monoisotopic (exact) mass is 230 g/mol. The third-order valence-electron chi connectivity index (χ3n) is 2.73. The zero-order valence-corrected chi connectivity index (χ0v) is 10.1. The van der Waals surface area contributed by atoms with E-state index in [4.69, 9.17) is 4.74 Å². The number of aromatic nitrogens is 2. The van der Waals surface area contributed by atoms with Crippen LogP contribution in [0.1, 0.15) is 16.1 Å². The maximum Gasteiger partial charge on any atom is 0.168 e. The van der Waals surface area contributed by atoms with E-state index in [1.54, 1.807) is 24.9 Å². The van der Waals surface area contributed by atoms with Crippen molar-refractivity contribution in [3.63, 3.8) is 0 Å². The van der Waals surface area contributed by atoms with Crippen molar-refractivity contribution in [1.82, 2.24) is 9.78 Å². The molecule has 0 aliphatic carbocycles. The van der Waals surface area contributed by atoms with Crippen LogP contribution in [0.2, 0.25) is 0 Å². The zero-order chi connectivity index (χ0) is 12.4. The van der Waals surface area contributed by atoms with Crippen LogP contribution in [-0.2, 0) is 7.05 Å². The highest BCUT2D eigenvalue weighted by atomic mass is 16.5. The van der Waals surface area contributed by atoms with E-state index in [2.05, 4.69) is 5.10 Å². The zero-order valence-electron chi connectivity index (χ0n) is 10.1. The van der Waals surface area contributed by atoms with Gasteiger partial charge in [0.15, 0.2) is 6.29 Å². The number of ether oxygens (including phenoxy) is 1. The molecule has 0 saturated carbocycles. The molecule has 0 unspecified atom stereocenters. The summed E-state index contributed by atoms with van der Waals surface area (Å²) in [6, 6.07) is 7.60. The SMILES string of the molecule is COc1ccc(-c2cc(C=O)n(C)n2)cc1C. The van der Waals surface area contributed by atoms with Gasteiger partial charge in [0.25, 0.3) is 0 Å². The number of hydrogen-bond donors (Lipinski definition) is 0. The molecular weight excluding hydrogens is 216 g/mol. The summed E-state index contributed by atoms with van der Waals surface area (Å²) in [6.45, 7) is 1.98. The maximum absolute atomic E-state index is 10.8. The Labute approximate surface area is 99.8 Å². The van der Waals surface area contributed by atoms with Crippen molar-refractivity contribution in [2.75, 3.05) is 7.11 Å². The smallest absolute Gasteiger partial charge is 0.168 e. The van der Waals surface area contributed by atoms with Gasteiger partial charge in [0.2, 0.25) is 0 Å². The van der Waals surface area contributed by atoms with Gasteiger partial charge in [0.05, 0.1) is 12.8 Å². The lowest BCUT2D eigenvalue weighted by Crippen LogP contribution is -1.95. The van der Waals surface area contributed by atoms with Crippen molar-refractivity contribution in [2.24, 2.45) is 7.05 Å². The van der Waals surface area contributed by atoms with Gasteiger partial charge in [-0.25, -0.2) is 0 Å². The second-order valence-electron chi connectivity index (χ2n) is 3.88. The quantitative estimate of drug-likeness (QED) is 0.759. The number of carbonyl (C=O) groups is 1. The van der Waals surface area contributed by atoms with Crippen LogP contribution in [0, 0.1) is 6.92 Å². The fourth-order valence-electron chi connectivity index (χ4n) is 1.77. The lowest BCUT2D eigenvalue weighted by atomic mass is 10.1. The van der Waals surface area contributed by atoms with Crippen LogP contribution in [0.5, 0.6) is 5.75 Å². The molecule has 0 spiro atoms. The molecule has 4 heteroatoms. The summed E-state index contributed by atoms with van der Waals surface area (Å²) in [4.78, 5) is 10.8. The molecule has 88 valence electrons. The Morgan fingerprint density at radius 1 is 1.35 bits per heavy atom. The normalized spacial score (nSPS) is 10.3. The number of rotatable bonds is 3. The van der Waals surface area contributed by atoms with Crippen LogP contribution in [0.4, 0.5) is 0 Å². The van der Waals surface area contributed by atoms with Crippen LogP contribution in [-0.4, -0.2) is 23.2 Å². The minimum atomic E-state index is 0.563. The predicted octanol–water partition coefficient (Wildman–Crippen LogP) is 2.22. The summed E-state index contributed by atoms with van der Waals surface area (Å²) < 4.78 is 6.78. The van der Waals surface area contributed by atoms with E-state index >= 15 is 0 Å². The summed E-state index contributed by atoms with van der Waals surface area (Å²) in [5.41, 5.74) is 3.38. The molecule has 0 bridgehead atoms. The summed E-state index contributed by atoms with van der Waals surface area (Å²) in [5, 5.41) is 4.29. The number of aryl methyl sites for hydroxylation is 2. The minimum absolute atomic E-state index is 0.563. The third kappa shape index (κ3) is 2.06. The summed E-state index contributed by atoms with van der Waals surface area (Å²) in [5.74, 6) is 0.847. The molecule has 4 nitrogen and oxygen atoms in total. The van der Waals surface area contributed by atoms with Crippen LogP contribution in [0.25, 0.3) is 11.3 Å². The number of aldehydes is 1. The molecule has 17 heavy (non-hydrogen) atoms. The predicted molar refractivity (Wildman–Crippen MR) is 65.3 cm³/mol. The molecule has 0 fully saturated rings. The van der Waals surface area contributed by atoms with E-state index in [1.807, 2.05) is 25.1 Å². The fourth-order valence-corrected chi connectivity index (χ4v) is 1.77. The third-order valence-corrected chi connectivity index (χ3v) is 2.73. The first kappa shape index (κ1) is 11.4. The molecule has 2 rings (SSSR count). The number of hydrogen-bond acceptors (Lipinski definition) is 3. The molecule has 0 amide bonds. The van der Waals surface area contributed by atoms with Gasteiger partial charge in [-0.2, -0.15) is 5.10 Å². The highest BCUT2D eigenvalue weighted by molar-refractivity contribution is 5.76. The molecule has 0 N–H and O–H groups in total. The van der Waals surface area contributed by atoms with Gasteiger partial charge in [-0.05, 0) is 36.8 Å². The lowest BCUT2D eigenvalue weighted by Gasteiger charge is -2.05. The fraction of sp³-hybridized carbons (Fsp3) is 0.231. The number of nitrogens with zero attached hydrogens (tertiary/aromatic N) is 2. The van der Waals surface area contributed by atoms with E-state index < -0.39 is 0 Å². The van der Waals surface area contributed by atoms with Crippen LogP contribution in [0.15, 0.2) is 24.3 Å². The first-order valence-electron chi connectivity index (χ1n) is 5.30. The van der Waals surface area contributed by atoms with Crippen molar-refractivity contribution < 1.29 is 9.53 Å². The Balaban J connectivity index is 2.45. The molecule has 1 heterocycles. The van der Waals surface area contributed by atoms with E-state index in [0.29, 0.717) is 5.69 Å². The Bertz CT molecular complexity index is 559. The largest absolute Gasteiger partial charge is 0.496 e. The highest BCUT2D eigenvalue weighted by Gasteiger charge is 2.08. The lowest BCUT2D eigenvalue weighted by molar-refractivity contribution is 0.111. The molecule has 0 atom stereocenters. The minimum Gasteiger partial charge on any atom is -0.496 e. The van der Waals surface area contributed by atoms with Crippen LogP contribution < -0.4 is 4.74 Å². The topological polar surface area (TPSA) is 44.1 Å². The molecule has 1 aromatic carbocycles. The van der Waals surface area contributed by atoms with Gasteiger partial charge < -0.3 is 4.74 Å². The Morgan fingerprint density at radius 2 is 2.12 bits per heavy atom. The number of carbonyl (C=O) groups excluding carboxylic acids is 1. The first-order chi connectivity index (χ1) is 8.15. The maximum atomic E-state index is 10.8. The second kappa shape index (κ2) is 4.41. The summed E-state index contributed by atoms with van der Waals surface area (Å²) >= 11 is 0.